The van der Waals surface area contributed by atoms with Gasteiger partial charge < -0.3 is 5.32 Å². The Hall–Kier alpha value is -1.20. The van der Waals surface area contributed by atoms with Crippen molar-refractivity contribution in [2.24, 2.45) is 0 Å². The summed E-state index contributed by atoms with van der Waals surface area (Å²) in [7, 11) is 0. The molecule has 0 aliphatic heterocycles. The largest absolute Gasteiger partial charge is 0.302 e. The monoisotopic (exact) mass is 222 g/mol. The van der Waals surface area contributed by atoms with Gasteiger partial charge in [0.25, 0.3) is 0 Å². The molecule has 0 saturated carbocycles. The number of rotatable bonds is 4. The highest BCUT2D eigenvalue weighted by atomic mass is 32.1. The van der Waals surface area contributed by atoms with E-state index in [9.17, 15) is 0 Å². The molecule has 2 aromatic heterocycles. The summed E-state index contributed by atoms with van der Waals surface area (Å²) in [4.78, 5) is 5.60. The summed E-state index contributed by atoms with van der Waals surface area (Å²) < 4.78 is 0. The van der Waals surface area contributed by atoms with Crippen LogP contribution < -0.4 is 5.32 Å². The summed E-state index contributed by atoms with van der Waals surface area (Å²) in [5, 5.41) is 11.3. The number of aromatic nitrogens is 3. The normalized spacial score (nSPS) is 12.9. The molecule has 0 bridgehead atoms. The van der Waals surface area contributed by atoms with E-state index >= 15 is 0 Å². The molecule has 0 saturated heterocycles. The Kier molecular flexibility index (Phi) is 3.13. The number of hydrogen-bond donors (Lipinski definition) is 2. The Morgan fingerprint density at radius 2 is 2.47 bits per heavy atom. The van der Waals surface area contributed by atoms with Crippen LogP contribution in [-0.2, 0) is 6.54 Å². The molecule has 0 aromatic carbocycles. The zero-order valence-electron chi connectivity index (χ0n) is 8.82. The van der Waals surface area contributed by atoms with E-state index in [1.54, 1.807) is 17.5 Å². The van der Waals surface area contributed by atoms with Crippen LogP contribution in [0.25, 0.3) is 0 Å². The third-order valence-electron chi connectivity index (χ3n) is 2.17. The van der Waals surface area contributed by atoms with Gasteiger partial charge in [-0.15, -0.1) is 11.3 Å². The number of H-pyrrole nitrogens is 1. The summed E-state index contributed by atoms with van der Waals surface area (Å²) in [6.07, 6.45) is 3.67. The van der Waals surface area contributed by atoms with Gasteiger partial charge in [-0.1, -0.05) is 0 Å². The molecule has 1 unspecified atom stereocenters. The number of nitrogens with zero attached hydrogens (tertiary/aromatic N) is 2. The van der Waals surface area contributed by atoms with Crippen LogP contribution in [0.15, 0.2) is 18.5 Å². The minimum Gasteiger partial charge on any atom is -0.302 e. The number of nitrogens with one attached hydrogen (secondary N) is 2. The molecule has 1 atom stereocenters. The molecule has 15 heavy (non-hydrogen) atoms. The number of aromatic amines is 1. The molecule has 2 aromatic rings. The van der Waals surface area contributed by atoms with Gasteiger partial charge in [0.2, 0.25) is 0 Å². The van der Waals surface area contributed by atoms with Gasteiger partial charge in [-0.2, -0.15) is 5.10 Å². The fourth-order valence-corrected chi connectivity index (χ4v) is 2.11. The Morgan fingerprint density at radius 1 is 1.60 bits per heavy atom. The van der Waals surface area contributed by atoms with Crippen LogP contribution in [0.2, 0.25) is 0 Å². The second-order valence-corrected chi connectivity index (χ2v) is 4.76. The number of hydrogen-bond acceptors (Lipinski definition) is 4. The van der Waals surface area contributed by atoms with Gasteiger partial charge >= 0.3 is 0 Å². The van der Waals surface area contributed by atoms with E-state index in [-0.39, 0.29) is 6.04 Å². The van der Waals surface area contributed by atoms with Crippen molar-refractivity contribution in [3.05, 3.63) is 34.0 Å². The predicted octanol–water partition coefficient (Wildman–Crippen LogP) is 2.03. The first kappa shape index (κ1) is 10.3. The third-order valence-corrected chi connectivity index (χ3v) is 3.26. The molecule has 2 N–H and O–H groups in total. The molecule has 2 heterocycles. The summed E-state index contributed by atoms with van der Waals surface area (Å²) in [6.45, 7) is 4.98. The van der Waals surface area contributed by atoms with Gasteiger partial charge in [0.1, 0.15) is 5.01 Å². The van der Waals surface area contributed by atoms with Gasteiger partial charge in [0.05, 0.1) is 6.04 Å². The van der Waals surface area contributed by atoms with Crippen LogP contribution >= 0.6 is 11.3 Å². The van der Waals surface area contributed by atoms with E-state index in [1.807, 2.05) is 12.3 Å². The van der Waals surface area contributed by atoms with Crippen LogP contribution in [-0.4, -0.2) is 15.2 Å². The summed E-state index contributed by atoms with van der Waals surface area (Å²) in [6, 6.07) is 2.25. The first-order valence-electron chi connectivity index (χ1n) is 4.89. The topological polar surface area (TPSA) is 53.6 Å². The molecular weight excluding hydrogens is 208 g/mol. The molecule has 0 aliphatic carbocycles. The fourth-order valence-electron chi connectivity index (χ4n) is 1.31. The average molecular weight is 222 g/mol. The molecule has 0 fully saturated rings. The second-order valence-electron chi connectivity index (χ2n) is 3.49. The Labute approximate surface area is 92.8 Å². The molecule has 4 nitrogen and oxygen atoms in total. The maximum absolute atomic E-state index is 4.35. The van der Waals surface area contributed by atoms with E-state index in [2.05, 4.69) is 34.3 Å². The predicted molar refractivity (Wildman–Crippen MR) is 60.7 cm³/mol. The number of aryl methyl sites for hydroxylation is 1. The van der Waals surface area contributed by atoms with Gasteiger partial charge in [-0.05, 0) is 19.9 Å². The van der Waals surface area contributed by atoms with Crippen molar-refractivity contribution in [2.45, 2.75) is 26.4 Å². The third kappa shape index (κ3) is 2.64. The standard InChI is InChI=1S/C10H14N4S/c1-7-5-12-10(15-7)8(2)11-6-9-3-4-13-14-9/h3-5,8,11H,6H2,1-2H3,(H,13,14). The van der Waals surface area contributed by atoms with Crippen LogP contribution in [0.4, 0.5) is 0 Å². The lowest BCUT2D eigenvalue weighted by Crippen LogP contribution is -2.18. The summed E-state index contributed by atoms with van der Waals surface area (Å²) in [5.74, 6) is 0. The van der Waals surface area contributed by atoms with Gasteiger partial charge in [0.15, 0.2) is 0 Å². The van der Waals surface area contributed by atoms with E-state index in [0.717, 1.165) is 17.2 Å². The lowest BCUT2D eigenvalue weighted by Gasteiger charge is -2.09. The maximum atomic E-state index is 4.35. The first-order chi connectivity index (χ1) is 7.25. The molecule has 5 heteroatoms. The van der Waals surface area contributed by atoms with E-state index < -0.39 is 0 Å². The van der Waals surface area contributed by atoms with Crippen LogP contribution in [0, 0.1) is 6.92 Å². The van der Waals surface area contributed by atoms with Crippen LogP contribution in [0.3, 0.4) is 0 Å². The van der Waals surface area contributed by atoms with Gasteiger partial charge in [0, 0.05) is 29.5 Å². The quantitative estimate of drug-likeness (QED) is 0.832. The smallest absolute Gasteiger partial charge is 0.109 e. The average Bonchev–Trinajstić information content (AvgIpc) is 2.84. The van der Waals surface area contributed by atoms with Crippen molar-refractivity contribution >= 4 is 11.3 Å². The van der Waals surface area contributed by atoms with E-state index in [0.29, 0.717) is 0 Å². The Bertz CT molecular complexity index is 407. The highest BCUT2D eigenvalue weighted by Crippen LogP contribution is 2.18. The molecular formula is C10H14N4S. The molecule has 0 aliphatic rings. The van der Waals surface area contributed by atoms with Crippen molar-refractivity contribution in [2.75, 3.05) is 0 Å². The lowest BCUT2D eigenvalue weighted by atomic mass is 10.3. The van der Waals surface area contributed by atoms with Crippen LogP contribution in [0.1, 0.15) is 28.5 Å². The molecule has 2 rings (SSSR count). The fraction of sp³-hybridized carbons (Fsp3) is 0.400. The van der Waals surface area contributed by atoms with Crippen LogP contribution in [0.5, 0.6) is 0 Å². The molecule has 0 radical (unpaired) electrons. The molecule has 0 amide bonds. The Balaban J connectivity index is 1.90. The summed E-state index contributed by atoms with van der Waals surface area (Å²) >= 11 is 1.73. The van der Waals surface area contributed by atoms with Gasteiger partial charge in [-0.25, -0.2) is 4.98 Å². The zero-order valence-corrected chi connectivity index (χ0v) is 9.64. The van der Waals surface area contributed by atoms with Crippen molar-refractivity contribution < 1.29 is 0 Å². The minimum absolute atomic E-state index is 0.284. The molecule has 0 spiro atoms. The van der Waals surface area contributed by atoms with Crippen molar-refractivity contribution in [1.82, 2.24) is 20.5 Å². The number of thiazole rings is 1. The van der Waals surface area contributed by atoms with Crippen molar-refractivity contribution in [1.29, 1.82) is 0 Å². The SMILES string of the molecule is Cc1cnc(C(C)NCc2ccn[nH]2)s1. The van der Waals surface area contributed by atoms with E-state index in [1.165, 1.54) is 4.88 Å². The second kappa shape index (κ2) is 4.55. The first-order valence-corrected chi connectivity index (χ1v) is 5.71. The maximum Gasteiger partial charge on any atom is 0.109 e. The van der Waals surface area contributed by atoms with Gasteiger partial charge in [-0.3, -0.25) is 5.10 Å². The summed E-state index contributed by atoms with van der Waals surface area (Å²) in [5.41, 5.74) is 1.09. The zero-order chi connectivity index (χ0) is 10.7. The highest BCUT2D eigenvalue weighted by molar-refractivity contribution is 7.11. The minimum atomic E-state index is 0.284. The van der Waals surface area contributed by atoms with Crippen molar-refractivity contribution in [3.63, 3.8) is 0 Å². The molecule has 80 valence electrons. The highest BCUT2D eigenvalue weighted by Gasteiger charge is 2.08. The lowest BCUT2D eigenvalue weighted by molar-refractivity contribution is 0.564. The van der Waals surface area contributed by atoms with Crippen molar-refractivity contribution in [3.8, 4) is 0 Å². The Morgan fingerprint density at radius 3 is 3.07 bits per heavy atom. The van der Waals surface area contributed by atoms with E-state index in [4.69, 9.17) is 0 Å².